The van der Waals surface area contributed by atoms with Crippen LogP contribution in [0.2, 0.25) is 0 Å². The van der Waals surface area contributed by atoms with Gasteiger partial charge < -0.3 is 19.8 Å². The van der Waals surface area contributed by atoms with Crippen molar-refractivity contribution in [2.75, 3.05) is 17.2 Å². The first kappa shape index (κ1) is 19.4. The van der Waals surface area contributed by atoms with Gasteiger partial charge in [0.15, 0.2) is 5.76 Å². The first-order valence-electron chi connectivity index (χ1n) is 8.51. The molecule has 0 aliphatic carbocycles. The van der Waals surface area contributed by atoms with Gasteiger partial charge in [-0.15, -0.1) is 11.3 Å². The normalized spacial score (nSPS) is 10.4. The zero-order valence-electron chi connectivity index (χ0n) is 15.3. The van der Waals surface area contributed by atoms with Crippen molar-refractivity contribution in [2.45, 2.75) is 13.8 Å². The van der Waals surface area contributed by atoms with E-state index in [1.165, 1.54) is 6.26 Å². The Hall–Kier alpha value is -3.39. The van der Waals surface area contributed by atoms with Gasteiger partial charge in [-0.05, 0) is 55.8 Å². The number of ether oxygens (including phenoxy) is 1. The van der Waals surface area contributed by atoms with E-state index < -0.39 is 5.97 Å². The maximum absolute atomic E-state index is 12.6. The predicted molar refractivity (Wildman–Crippen MR) is 106 cm³/mol. The lowest BCUT2D eigenvalue weighted by atomic mass is 10.2. The number of esters is 1. The molecule has 0 aliphatic heterocycles. The Morgan fingerprint density at radius 3 is 2.61 bits per heavy atom. The van der Waals surface area contributed by atoms with Gasteiger partial charge in [-0.2, -0.15) is 0 Å². The molecule has 0 saturated heterocycles. The molecule has 28 heavy (non-hydrogen) atoms. The zero-order chi connectivity index (χ0) is 20.1. The Morgan fingerprint density at radius 2 is 1.89 bits per heavy atom. The van der Waals surface area contributed by atoms with Crippen molar-refractivity contribution in [1.82, 2.24) is 0 Å². The van der Waals surface area contributed by atoms with Crippen LogP contribution in [0.5, 0.6) is 0 Å². The van der Waals surface area contributed by atoms with Crippen LogP contribution in [-0.2, 0) is 4.74 Å². The van der Waals surface area contributed by atoms with E-state index >= 15 is 0 Å². The highest BCUT2D eigenvalue weighted by molar-refractivity contribution is 7.18. The molecule has 3 rings (SSSR count). The van der Waals surface area contributed by atoms with E-state index in [0.717, 1.165) is 16.9 Å². The third kappa shape index (κ3) is 4.47. The summed E-state index contributed by atoms with van der Waals surface area (Å²) in [6.07, 6.45) is 1.41. The lowest BCUT2D eigenvalue weighted by Gasteiger charge is -2.07. The highest BCUT2D eigenvalue weighted by Gasteiger charge is 2.17. The van der Waals surface area contributed by atoms with Gasteiger partial charge in [-0.1, -0.05) is 6.07 Å². The van der Waals surface area contributed by atoms with Gasteiger partial charge in [0, 0.05) is 5.69 Å². The van der Waals surface area contributed by atoms with Crippen LogP contribution in [0.15, 0.2) is 53.1 Å². The van der Waals surface area contributed by atoms with Crippen LogP contribution in [0.1, 0.15) is 43.1 Å². The van der Waals surface area contributed by atoms with Gasteiger partial charge in [-0.25, -0.2) is 4.79 Å². The van der Waals surface area contributed by atoms with Crippen LogP contribution in [0.4, 0.5) is 10.7 Å². The molecular formula is C20H18N2O5S. The number of carbonyl (C=O) groups is 3. The number of furan rings is 1. The highest BCUT2D eigenvalue weighted by atomic mass is 32.1. The van der Waals surface area contributed by atoms with Crippen LogP contribution in [-0.4, -0.2) is 24.4 Å². The number of anilines is 2. The Kier molecular flexibility index (Phi) is 5.90. The van der Waals surface area contributed by atoms with E-state index in [1.54, 1.807) is 56.3 Å². The minimum absolute atomic E-state index is 0.188. The third-order valence-corrected chi connectivity index (χ3v) is 4.89. The molecule has 8 heteroatoms. The molecule has 2 aromatic heterocycles. The van der Waals surface area contributed by atoms with Crippen molar-refractivity contribution in [3.05, 3.63) is 70.5 Å². The monoisotopic (exact) mass is 398 g/mol. The molecule has 2 amide bonds. The number of rotatable bonds is 6. The fourth-order valence-corrected chi connectivity index (χ4v) is 3.44. The molecule has 144 valence electrons. The number of aryl methyl sites for hydroxylation is 1. The molecule has 1 aromatic carbocycles. The predicted octanol–water partition coefficient (Wildman–Crippen LogP) is 4.33. The van der Waals surface area contributed by atoms with E-state index in [1.807, 2.05) is 0 Å². The van der Waals surface area contributed by atoms with E-state index in [0.29, 0.717) is 21.1 Å². The minimum Gasteiger partial charge on any atom is -0.462 e. The Balaban J connectivity index is 1.71. The number of thiophene rings is 1. The molecule has 0 unspecified atom stereocenters. The molecule has 0 saturated carbocycles. The summed E-state index contributed by atoms with van der Waals surface area (Å²) >= 11 is 1.15. The molecule has 7 nitrogen and oxygen atoms in total. The summed E-state index contributed by atoms with van der Waals surface area (Å²) in [6, 6.07) is 11.4. The van der Waals surface area contributed by atoms with Gasteiger partial charge in [0.25, 0.3) is 11.8 Å². The number of nitrogens with one attached hydrogen (secondary N) is 2. The average Bonchev–Trinajstić information content (AvgIpc) is 3.32. The Labute approximate surface area is 165 Å². The van der Waals surface area contributed by atoms with E-state index in [4.69, 9.17) is 9.15 Å². The van der Waals surface area contributed by atoms with Gasteiger partial charge in [-0.3, -0.25) is 9.59 Å². The molecule has 0 spiro atoms. The second kappa shape index (κ2) is 8.53. The molecule has 0 bridgehead atoms. The second-order valence-corrected chi connectivity index (χ2v) is 6.86. The standard InChI is InChI=1S/C20H18N2O5S/c1-3-26-20(25)13-6-4-7-14(11-13)21-19(24)17-12(2)10-16(28-17)22-18(23)15-8-5-9-27-15/h4-11H,3H2,1-2H3,(H,21,24)(H,22,23). The molecule has 0 atom stereocenters. The van der Waals surface area contributed by atoms with Gasteiger partial charge in [0.2, 0.25) is 0 Å². The number of amides is 2. The van der Waals surface area contributed by atoms with Crippen LogP contribution in [0.25, 0.3) is 0 Å². The minimum atomic E-state index is -0.450. The molecule has 0 radical (unpaired) electrons. The van der Waals surface area contributed by atoms with Crippen LogP contribution in [0, 0.1) is 6.92 Å². The third-order valence-electron chi connectivity index (χ3n) is 3.74. The average molecular weight is 398 g/mol. The van der Waals surface area contributed by atoms with Gasteiger partial charge in [0.05, 0.1) is 28.3 Å². The summed E-state index contributed by atoms with van der Waals surface area (Å²) in [5, 5.41) is 6.00. The fourth-order valence-electron chi connectivity index (χ4n) is 2.48. The van der Waals surface area contributed by atoms with Crippen molar-refractivity contribution in [3.63, 3.8) is 0 Å². The van der Waals surface area contributed by atoms with Crippen molar-refractivity contribution < 1.29 is 23.5 Å². The van der Waals surface area contributed by atoms with Crippen molar-refractivity contribution >= 4 is 39.8 Å². The summed E-state index contributed by atoms with van der Waals surface area (Å²) in [5.74, 6) is -0.982. The smallest absolute Gasteiger partial charge is 0.338 e. The van der Waals surface area contributed by atoms with Crippen LogP contribution in [0.3, 0.4) is 0 Å². The summed E-state index contributed by atoms with van der Waals surface area (Å²) < 4.78 is 10.0. The molecule has 2 heterocycles. The number of hydrogen-bond acceptors (Lipinski definition) is 6. The van der Waals surface area contributed by atoms with Crippen LogP contribution < -0.4 is 10.6 Å². The second-order valence-electron chi connectivity index (χ2n) is 5.81. The van der Waals surface area contributed by atoms with E-state index in [9.17, 15) is 14.4 Å². The summed E-state index contributed by atoms with van der Waals surface area (Å²) in [7, 11) is 0. The molecular weight excluding hydrogens is 380 g/mol. The van der Waals surface area contributed by atoms with E-state index in [-0.39, 0.29) is 24.2 Å². The van der Waals surface area contributed by atoms with Crippen molar-refractivity contribution in [2.24, 2.45) is 0 Å². The summed E-state index contributed by atoms with van der Waals surface area (Å²) in [6.45, 7) is 3.78. The summed E-state index contributed by atoms with van der Waals surface area (Å²) in [5.41, 5.74) is 1.55. The number of benzene rings is 1. The maximum atomic E-state index is 12.6. The molecule has 0 aliphatic rings. The quantitative estimate of drug-likeness (QED) is 0.602. The first-order chi connectivity index (χ1) is 13.5. The largest absolute Gasteiger partial charge is 0.462 e. The highest BCUT2D eigenvalue weighted by Crippen LogP contribution is 2.28. The number of hydrogen-bond donors (Lipinski definition) is 2. The molecule has 0 fully saturated rings. The summed E-state index contributed by atoms with van der Waals surface area (Å²) in [4.78, 5) is 37.0. The fraction of sp³-hybridized carbons (Fsp3) is 0.150. The maximum Gasteiger partial charge on any atom is 0.338 e. The SMILES string of the molecule is CCOC(=O)c1cccc(NC(=O)c2sc(NC(=O)c3ccco3)cc2C)c1. The van der Waals surface area contributed by atoms with Crippen molar-refractivity contribution in [3.8, 4) is 0 Å². The lowest BCUT2D eigenvalue weighted by molar-refractivity contribution is 0.0526. The zero-order valence-corrected chi connectivity index (χ0v) is 16.1. The topological polar surface area (TPSA) is 97.6 Å². The number of carbonyl (C=O) groups excluding carboxylic acids is 3. The van der Waals surface area contributed by atoms with E-state index in [2.05, 4.69) is 10.6 Å². The van der Waals surface area contributed by atoms with Crippen molar-refractivity contribution in [1.29, 1.82) is 0 Å². The Bertz CT molecular complexity index is 1010. The molecule has 3 aromatic rings. The lowest BCUT2D eigenvalue weighted by Crippen LogP contribution is -2.12. The van der Waals surface area contributed by atoms with Gasteiger partial charge in [0.1, 0.15) is 0 Å². The molecule has 2 N–H and O–H groups in total. The van der Waals surface area contributed by atoms with Crippen LogP contribution >= 0.6 is 11.3 Å². The van der Waals surface area contributed by atoms with Gasteiger partial charge >= 0.3 is 5.97 Å². The first-order valence-corrected chi connectivity index (χ1v) is 9.33. The Morgan fingerprint density at radius 1 is 1.07 bits per heavy atom.